The smallest absolute Gasteiger partial charge is 0.220 e. The van der Waals surface area contributed by atoms with Gasteiger partial charge in [0.2, 0.25) is 11.8 Å². The molecule has 2 aromatic rings. The van der Waals surface area contributed by atoms with E-state index in [1.165, 1.54) is 0 Å². The number of fused-ring (bicyclic) bond motifs is 1. The highest BCUT2D eigenvalue weighted by molar-refractivity contribution is 6.32. The lowest BCUT2D eigenvalue weighted by atomic mass is 9.99. The predicted molar refractivity (Wildman–Crippen MR) is 72.6 cm³/mol. The molecule has 0 saturated heterocycles. The number of rotatable bonds is 2. The largest absolute Gasteiger partial charge is 0.481 e. The lowest BCUT2D eigenvalue weighted by molar-refractivity contribution is 0.398. The second kappa shape index (κ2) is 4.55. The summed E-state index contributed by atoms with van der Waals surface area (Å²) in [7, 11) is 1.56. The van der Waals surface area contributed by atoms with Crippen LogP contribution in [0.15, 0.2) is 18.3 Å². The third-order valence-electron chi connectivity index (χ3n) is 3.07. The van der Waals surface area contributed by atoms with Crippen molar-refractivity contribution in [2.45, 2.75) is 5.92 Å². The Kier molecular flexibility index (Phi) is 2.87. The Labute approximate surface area is 115 Å². The average Bonchev–Trinajstić information content (AvgIpc) is 2.83. The number of pyridine rings is 1. The molecule has 0 aliphatic carbocycles. The van der Waals surface area contributed by atoms with Gasteiger partial charge in [0, 0.05) is 30.3 Å². The molecule has 19 heavy (non-hydrogen) atoms. The van der Waals surface area contributed by atoms with Crippen molar-refractivity contribution >= 4 is 23.4 Å². The van der Waals surface area contributed by atoms with Crippen molar-refractivity contribution in [3.63, 3.8) is 0 Å². The van der Waals surface area contributed by atoms with Crippen LogP contribution in [0.2, 0.25) is 5.02 Å². The molecule has 1 aliphatic rings. The number of nitrogens with one attached hydrogen (secondary N) is 1. The quantitative estimate of drug-likeness (QED) is 0.868. The van der Waals surface area contributed by atoms with Crippen molar-refractivity contribution in [2.24, 2.45) is 0 Å². The third-order valence-corrected chi connectivity index (χ3v) is 3.38. The Balaban J connectivity index is 2.07. The maximum atomic E-state index is 6.30. The lowest BCUT2D eigenvalue weighted by Gasteiger charge is -2.11. The number of nitrogens with zero attached hydrogens (tertiary/aromatic N) is 3. The molecular weight excluding hydrogens is 266 g/mol. The van der Waals surface area contributed by atoms with Crippen molar-refractivity contribution < 1.29 is 4.74 Å². The van der Waals surface area contributed by atoms with Crippen LogP contribution in [0.3, 0.4) is 0 Å². The summed E-state index contributed by atoms with van der Waals surface area (Å²) in [5, 5.41) is 3.81. The zero-order chi connectivity index (χ0) is 13.4. The molecule has 0 spiro atoms. The molecule has 0 fully saturated rings. The van der Waals surface area contributed by atoms with E-state index in [2.05, 4.69) is 20.3 Å². The standard InChI is InChI=1S/C12H12ClN5O/c1-19-9-4-7(13)10-6(5-16-11(10)18-9)8-2-3-15-12(14)17-8/h2-4,6H,5H2,1H3,(H,16,18)(H2,14,15,17). The Hall–Kier alpha value is -2.08. The minimum absolute atomic E-state index is 0.0196. The van der Waals surface area contributed by atoms with Crippen LogP contribution in [0.4, 0.5) is 11.8 Å². The summed E-state index contributed by atoms with van der Waals surface area (Å²) < 4.78 is 5.10. The van der Waals surface area contributed by atoms with E-state index in [0.29, 0.717) is 17.4 Å². The molecule has 0 bridgehead atoms. The second-order valence-corrected chi connectivity index (χ2v) is 4.59. The van der Waals surface area contributed by atoms with Crippen molar-refractivity contribution in [1.82, 2.24) is 15.0 Å². The van der Waals surface area contributed by atoms with Gasteiger partial charge in [-0.3, -0.25) is 0 Å². The van der Waals surface area contributed by atoms with Gasteiger partial charge in [0.25, 0.3) is 0 Å². The van der Waals surface area contributed by atoms with Gasteiger partial charge in [0.05, 0.1) is 17.8 Å². The van der Waals surface area contributed by atoms with E-state index in [0.717, 1.165) is 17.1 Å². The normalized spacial score (nSPS) is 16.8. The van der Waals surface area contributed by atoms with Crippen molar-refractivity contribution in [3.05, 3.63) is 34.6 Å². The Bertz CT molecular complexity index is 634. The Morgan fingerprint density at radius 3 is 3.05 bits per heavy atom. The maximum Gasteiger partial charge on any atom is 0.220 e. The fraction of sp³-hybridized carbons (Fsp3) is 0.250. The average molecular weight is 278 g/mol. The van der Waals surface area contributed by atoms with E-state index in [-0.39, 0.29) is 11.9 Å². The number of hydrogen-bond acceptors (Lipinski definition) is 6. The first-order chi connectivity index (χ1) is 9.19. The molecule has 1 unspecified atom stereocenters. The molecule has 0 saturated carbocycles. The van der Waals surface area contributed by atoms with Gasteiger partial charge in [-0.05, 0) is 6.07 Å². The summed E-state index contributed by atoms with van der Waals surface area (Å²) >= 11 is 6.30. The highest BCUT2D eigenvalue weighted by Crippen LogP contribution is 2.40. The highest BCUT2D eigenvalue weighted by Gasteiger charge is 2.29. The molecule has 6 nitrogen and oxygen atoms in total. The van der Waals surface area contributed by atoms with Crippen LogP contribution >= 0.6 is 11.6 Å². The van der Waals surface area contributed by atoms with Gasteiger partial charge in [0.15, 0.2) is 0 Å². The van der Waals surface area contributed by atoms with Crippen LogP contribution in [0.1, 0.15) is 17.2 Å². The van der Waals surface area contributed by atoms with Gasteiger partial charge in [-0.2, -0.15) is 4.98 Å². The van der Waals surface area contributed by atoms with Gasteiger partial charge in [-0.15, -0.1) is 0 Å². The molecule has 1 atom stereocenters. The topological polar surface area (TPSA) is 86.0 Å². The summed E-state index contributed by atoms with van der Waals surface area (Å²) in [6, 6.07) is 3.53. The van der Waals surface area contributed by atoms with Gasteiger partial charge >= 0.3 is 0 Å². The van der Waals surface area contributed by atoms with Gasteiger partial charge in [-0.1, -0.05) is 11.6 Å². The number of aromatic nitrogens is 3. The molecule has 3 rings (SSSR count). The van der Waals surface area contributed by atoms with Gasteiger partial charge < -0.3 is 15.8 Å². The van der Waals surface area contributed by atoms with E-state index in [9.17, 15) is 0 Å². The first kappa shape index (κ1) is 12.0. The highest BCUT2D eigenvalue weighted by atomic mass is 35.5. The molecule has 7 heteroatoms. The van der Waals surface area contributed by atoms with Crippen molar-refractivity contribution in [1.29, 1.82) is 0 Å². The number of nitrogen functional groups attached to an aromatic ring is 1. The third kappa shape index (κ3) is 2.04. The summed E-state index contributed by atoms with van der Waals surface area (Å²) in [6.45, 7) is 0.672. The van der Waals surface area contributed by atoms with Crippen molar-refractivity contribution in [2.75, 3.05) is 24.7 Å². The molecule has 3 heterocycles. The molecule has 2 aromatic heterocycles. The van der Waals surface area contributed by atoms with E-state index < -0.39 is 0 Å². The lowest BCUT2D eigenvalue weighted by Crippen LogP contribution is -2.08. The number of methoxy groups -OCH3 is 1. The molecule has 0 radical (unpaired) electrons. The number of hydrogen-bond donors (Lipinski definition) is 2. The fourth-order valence-corrected chi connectivity index (χ4v) is 2.52. The summed E-state index contributed by atoms with van der Waals surface area (Å²) in [6.07, 6.45) is 1.64. The van der Waals surface area contributed by atoms with Crippen LogP contribution in [0.25, 0.3) is 0 Å². The van der Waals surface area contributed by atoms with Crippen LogP contribution in [0, 0.1) is 0 Å². The van der Waals surface area contributed by atoms with Crippen molar-refractivity contribution in [3.8, 4) is 5.88 Å². The molecule has 1 aliphatic heterocycles. The summed E-state index contributed by atoms with van der Waals surface area (Å²) in [5.74, 6) is 1.49. The van der Waals surface area contributed by atoms with Crippen LogP contribution in [-0.4, -0.2) is 28.6 Å². The number of halogens is 1. The van der Waals surface area contributed by atoms with Crippen LogP contribution in [-0.2, 0) is 0 Å². The molecule has 0 aromatic carbocycles. The minimum atomic E-state index is 0.0196. The Morgan fingerprint density at radius 2 is 2.32 bits per heavy atom. The molecule has 3 N–H and O–H groups in total. The minimum Gasteiger partial charge on any atom is -0.481 e. The SMILES string of the molecule is COc1cc(Cl)c2c(n1)NCC2c1ccnc(N)n1. The van der Waals surface area contributed by atoms with E-state index in [4.69, 9.17) is 22.1 Å². The Morgan fingerprint density at radius 1 is 1.47 bits per heavy atom. The van der Waals surface area contributed by atoms with E-state index in [1.807, 2.05) is 6.07 Å². The summed E-state index contributed by atoms with van der Waals surface area (Å²) in [5.41, 5.74) is 7.36. The maximum absolute atomic E-state index is 6.30. The monoisotopic (exact) mass is 277 g/mol. The first-order valence-electron chi connectivity index (χ1n) is 5.75. The van der Waals surface area contributed by atoms with Gasteiger partial charge in [-0.25, -0.2) is 9.97 Å². The summed E-state index contributed by atoms with van der Waals surface area (Å²) in [4.78, 5) is 12.5. The second-order valence-electron chi connectivity index (χ2n) is 4.18. The van der Waals surface area contributed by atoms with E-state index >= 15 is 0 Å². The molecule has 0 amide bonds. The van der Waals surface area contributed by atoms with Crippen LogP contribution < -0.4 is 15.8 Å². The fourth-order valence-electron chi connectivity index (χ4n) is 2.21. The number of ether oxygens (including phenoxy) is 1. The van der Waals surface area contributed by atoms with Gasteiger partial charge in [0.1, 0.15) is 5.82 Å². The predicted octanol–water partition coefficient (Wildman–Crippen LogP) is 1.67. The van der Waals surface area contributed by atoms with Crippen LogP contribution in [0.5, 0.6) is 5.88 Å². The molecule has 98 valence electrons. The number of anilines is 2. The zero-order valence-electron chi connectivity index (χ0n) is 10.2. The number of nitrogens with two attached hydrogens (primary N) is 1. The zero-order valence-corrected chi connectivity index (χ0v) is 11.0. The first-order valence-corrected chi connectivity index (χ1v) is 6.13. The van der Waals surface area contributed by atoms with E-state index in [1.54, 1.807) is 19.4 Å². The molecular formula is C12H12ClN5O.